The Bertz CT molecular complexity index is 358. The molecule has 2 heterocycles. The fourth-order valence-electron chi connectivity index (χ4n) is 2.86. The Kier molecular flexibility index (Phi) is 4.86. The summed E-state index contributed by atoms with van der Waals surface area (Å²) in [6.45, 7) is 4.72. The van der Waals surface area contributed by atoms with Gasteiger partial charge in [-0.25, -0.2) is 4.79 Å². The quantitative estimate of drug-likeness (QED) is 0.819. The number of piperidine rings is 1. The third kappa shape index (κ3) is 4.10. The van der Waals surface area contributed by atoms with Crippen molar-refractivity contribution in [2.24, 2.45) is 5.92 Å². The normalized spacial score (nSPS) is 27.6. The molecule has 6 heteroatoms. The number of hydrogen-bond acceptors (Lipinski definition) is 3. The van der Waals surface area contributed by atoms with Crippen molar-refractivity contribution in [2.75, 3.05) is 26.3 Å². The van der Waals surface area contributed by atoms with E-state index in [1.54, 1.807) is 0 Å². The van der Waals surface area contributed by atoms with Gasteiger partial charge in [0.2, 0.25) is 0 Å². The number of rotatable bonds is 4. The molecule has 0 aromatic rings. The number of likely N-dealkylation sites (tertiary alicyclic amines) is 1. The lowest BCUT2D eigenvalue weighted by molar-refractivity contribution is -0.137. The number of carbonyl (C=O) groups excluding carboxylic acids is 1. The molecule has 20 heavy (non-hydrogen) atoms. The zero-order valence-electron chi connectivity index (χ0n) is 12.1. The van der Waals surface area contributed by atoms with Crippen molar-refractivity contribution in [3.8, 4) is 0 Å². The molecule has 114 valence electrons. The minimum atomic E-state index is -0.737. The van der Waals surface area contributed by atoms with Crippen molar-refractivity contribution < 1.29 is 19.4 Å². The van der Waals surface area contributed by atoms with E-state index in [0.717, 1.165) is 25.7 Å². The molecule has 0 spiro atoms. The Morgan fingerprint density at radius 3 is 2.65 bits per heavy atom. The predicted octanol–water partition coefficient (Wildman–Crippen LogP) is 1.45. The van der Waals surface area contributed by atoms with E-state index < -0.39 is 5.97 Å². The highest BCUT2D eigenvalue weighted by Gasteiger charge is 2.33. The van der Waals surface area contributed by atoms with Crippen molar-refractivity contribution in [1.82, 2.24) is 10.2 Å². The fraction of sp³-hybridized carbons (Fsp3) is 0.857. The second kappa shape index (κ2) is 6.43. The molecule has 2 N–H and O–H groups in total. The molecule has 0 bridgehead atoms. The molecule has 2 saturated heterocycles. The zero-order valence-corrected chi connectivity index (χ0v) is 12.1. The summed E-state index contributed by atoms with van der Waals surface area (Å²) in [6, 6.07) is -0.0188. The van der Waals surface area contributed by atoms with E-state index in [0.29, 0.717) is 32.2 Å². The monoisotopic (exact) mass is 284 g/mol. The van der Waals surface area contributed by atoms with Gasteiger partial charge in [-0.3, -0.25) is 4.79 Å². The first-order valence-corrected chi connectivity index (χ1v) is 7.35. The molecule has 0 aromatic heterocycles. The van der Waals surface area contributed by atoms with Crippen LogP contribution in [0.15, 0.2) is 0 Å². The summed E-state index contributed by atoms with van der Waals surface area (Å²) in [5.74, 6) is -0.306. The van der Waals surface area contributed by atoms with E-state index in [-0.39, 0.29) is 18.0 Å². The lowest BCUT2D eigenvalue weighted by Gasteiger charge is -2.34. The number of ether oxygens (including phenoxy) is 1. The summed E-state index contributed by atoms with van der Waals surface area (Å²) in [4.78, 5) is 24.6. The van der Waals surface area contributed by atoms with Gasteiger partial charge in [0.05, 0.1) is 12.1 Å². The first-order valence-electron chi connectivity index (χ1n) is 7.35. The first-order chi connectivity index (χ1) is 9.48. The second-order valence-electron chi connectivity index (χ2n) is 6.16. The van der Waals surface area contributed by atoms with Crippen molar-refractivity contribution >= 4 is 12.0 Å². The van der Waals surface area contributed by atoms with E-state index >= 15 is 0 Å². The number of amides is 2. The molecular formula is C14H24N2O4. The Morgan fingerprint density at radius 1 is 1.40 bits per heavy atom. The maximum absolute atomic E-state index is 12.2. The average molecular weight is 284 g/mol. The molecular weight excluding hydrogens is 260 g/mol. The van der Waals surface area contributed by atoms with Gasteiger partial charge in [0, 0.05) is 26.1 Å². The van der Waals surface area contributed by atoms with Crippen LogP contribution < -0.4 is 5.32 Å². The second-order valence-corrected chi connectivity index (χ2v) is 6.16. The Hall–Kier alpha value is -1.30. The molecule has 1 atom stereocenters. The summed E-state index contributed by atoms with van der Waals surface area (Å²) in [7, 11) is 0. The van der Waals surface area contributed by atoms with Crippen LogP contribution in [0.2, 0.25) is 0 Å². The topological polar surface area (TPSA) is 78.9 Å². The van der Waals surface area contributed by atoms with Crippen LogP contribution in [0.3, 0.4) is 0 Å². The molecule has 0 saturated carbocycles. The molecule has 2 aliphatic heterocycles. The number of urea groups is 1. The van der Waals surface area contributed by atoms with Crippen LogP contribution in [0, 0.1) is 5.92 Å². The fourth-order valence-corrected chi connectivity index (χ4v) is 2.86. The van der Waals surface area contributed by atoms with E-state index in [4.69, 9.17) is 9.84 Å². The number of carboxylic acid groups (broad SMARTS) is 1. The number of hydrogen-bond donors (Lipinski definition) is 2. The molecule has 0 aromatic carbocycles. The summed E-state index contributed by atoms with van der Waals surface area (Å²) < 4.78 is 5.33. The molecule has 1 unspecified atom stereocenters. The van der Waals surface area contributed by atoms with Gasteiger partial charge in [-0.1, -0.05) is 0 Å². The van der Waals surface area contributed by atoms with Crippen LogP contribution in [0.5, 0.6) is 0 Å². The SMILES string of the molecule is CC1(NC(=O)N2CCC(CCC(=O)O)CC2)CCOC1. The van der Waals surface area contributed by atoms with Gasteiger partial charge >= 0.3 is 12.0 Å². The molecule has 0 aliphatic carbocycles. The maximum atomic E-state index is 12.2. The van der Waals surface area contributed by atoms with Gasteiger partial charge in [0.15, 0.2) is 0 Å². The Balaban J connectivity index is 1.73. The number of nitrogens with zero attached hydrogens (tertiary/aromatic N) is 1. The number of carboxylic acids is 1. The van der Waals surface area contributed by atoms with Crippen LogP contribution >= 0.6 is 0 Å². The third-order valence-corrected chi connectivity index (χ3v) is 4.30. The summed E-state index contributed by atoms with van der Waals surface area (Å²) >= 11 is 0. The third-order valence-electron chi connectivity index (χ3n) is 4.30. The smallest absolute Gasteiger partial charge is 0.317 e. The van der Waals surface area contributed by atoms with Crippen molar-refractivity contribution in [3.63, 3.8) is 0 Å². The minimum Gasteiger partial charge on any atom is -0.481 e. The van der Waals surface area contributed by atoms with Gasteiger partial charge in [0.25, 0.3) is 0 Å². The summed E-state index contributed by atoms with van der Waals surface area (Å²) in [5.41, 5.74) is -0.239. The first kappa shape index (κ1) is 15.1. The molecule has 2 aliphatic rings. The molecule has 0 radical (unpaired) electrons. The Morgan fingerprint density at radius 2 is 2.10 bits per heavy atom. The maximum Gasteiger partial charge on any atom is 0.317 e. The van der Waals surface area contributed by atoms with E-state index in [2.05, 4.69) is 5.32 Å². The van der Waals surface area contributed by atoms with Crippen LogP contribution in [0.4, 0.5) is 4.79 Å². The predicted molar refractivity (Wildman–Crippen MR) is 73.5 cm³/mol. The minimum absolute atomic E-state index is 0.0188. The van der Waals surface area contributed by atoms with E-state index in [9.17, 15) is 9.59 Å². The molecule has 2 rings (SSSR count). The zero-order chi connectivity index (χ0) is 14.6. The van der Waals surface area contributed by atoms with Crippen LogP contribution in [0.25, 0.3) is 0 Å². The van der Waals surface area contributed by atoms with Crippen molar-refractivity contribution in [2.45, 2.75) is 44.6 Å². The van der Waals surface area contributed by atoms with Gasteiger partial charge in [-0.15, -0.1) is 0 Å². The average Bonchev–Trinajstić information content (AvgIpc) is 2.83. The number of carbonyl (C=O) groups is 2. The van der Waals surface area contributed by atoms with Gasteiger partial charge < -0.3 is 20.1 Å². The van der Waals surface area contributed by atoms with Crippen LogP contribution in [-0.4, -0.2) is 53.8 Å². The number of nitrogens with one attached hydrogen (secondary N) is 1. The Labute approximate surface area is 119 Å². The summed E-state index contributed by atoms with van der Waals surface area (Å²) in [6.07, 6.45) is 3.60. The lowest BCUT2D eigenvalue weighted by atomic mass is 9.92. The largest absolute Gasteiger partial charge is 0.481 e. The van der Waals surface area contributed by atoms with Crippen molar-refractivity contribution in [3.05, 3.63) is 0 Å². The van der Waals surface area contributed by atoms with Gasteiger partial charge in [-0.05, 0) is 38.5 Å². The lowest BCUT2D eigenvalue weighted by Crippen LogP contribution is -2.53. The molecule has 2 amide bonds. The summed E-state index contributed by atoms with van der Waals surface area (Å²) in [5, 5.41) is 11.7. The van der Waals surface area contributed by atoms with Crippen LogP contribution in [-0.2, 0) is 9.53 Å². The highest BCUT2D eigenvalue weighted by molar-refractivity contribution is 5.75. The van der Waals surface area contributed by atoms with Crippen molar-refractivity contribution in [1.29, 1.82) is 0 Å². The molecule has 2 fully saturated rings. The number of aliphatic carboxylic acids is 1. The highest BCUT2D eigenvalue weighted by Crippen LogP contribution is 2.23. The molecule has 6 nitrogen and oxygen atoms in total. The van der Waals surface area contributed by atoms with Gasteiger partial charge in [-0.2, -0.15) is 0 Å². The standard InChI is InChI=1S/C14H24N2O4/c1-14(6-9-20-10-14)15-13(19)16-7-4-11(5-8-16)2-3-12(17)18/h11H,2-10H2,1H3,(H,15,19)(H,17,18). The van der Waals surface area contributed by atoms with E-state index in [1.165, 1.54) is 0 Å². The van der Waals surface area contributed by atoms with Crippen LogP contribution in [0.1, 0.15) is 39.0 Å². The highest BCUT2D eigenvalue weighted by atomic mass is 16.5. The van der Waals surface area contributed by atoms with E-state index in [1.807, 2.05) is 11.8 Å². The van der Waals surface area contributed by atoms with Gasteiger partial charge in [0.1, 0.15) is 0 Å².